The molecule has 8 nitrogen and oxygen atoms in total. The summed E-state index contributed by atoms with van der Waals surface area (Å²) in [5.41, 5.74) is 3.36. The smallest absolute Gasteiger partial charge is 0.419 e. The van der Waals surface area contributed by atoms with Gasteiger partial charge >= 0.3 is 12.2 Å². The maximum atomic E-state index is 13.1. The van der Waals surface area contributed by atoms with E-state index in [1.165, 1.54) is 17.4 Å². The quantitative estimate of drug-likeness (QED) is 0.151. The van der Waals surface area contributed by atoms with E-state index in [1.807, 2.05) is 63.2 Å². The molecule has 1 aliphatic carbocycles. The number of hydrogen-bond acceptors (Lipinski definition) is 6. The minimum atomic E-state index is -0.638. The normalized spacial score (nSPS) is 14.5. The van der Waals surface area contributed by atoms with Gasteiger partial charge in [-0.3, -0.25) is 4.57 Å². The predicted octanol–water partition coefficient (Wildman–Crippen LogP) is 8.59. The fraction of sp³-hybridized carbons (Fsp3) is 0.424. The van der Waals surface area contributed by atoms with E-state index in [2.05, 4.69) is 26.6 Å². The minimum Gasteiger partial charge on any atom is -0.446 e. The average Bonchev–Trinajstić information content (AvgIpc) is 3.12. The van der Waals surface area contributed by atoms with Crippen LogP contribution in [0.25, 0.3) is 33.1 Å². The van der Waals surface area contributed by atoms with Crippen LogP contribution in [0.4, 0.5) is 9.59 Å². The Morgan fingerprint density at radius 3 is 2.53 bits per heavy atom. The van der Waals surface area contributed by atoms with Gasteiger partial charge in [0.1, 0.15) is 11.7 Å². The summed E-state index contributed by atoms with van der Waals surface area (Å²) in [5, 5.41) is 8.73. The topological polar surface area (TPSA) is 94.5 Å². The molecule has 1 aliphatic rings. The molecular formula is C33H38BrClN4O4. The number of hydrogen-bond donors (Lipinski definition) is 2. The Balaban J connectivity index is 1.36. The molecule has 2 N–H and O–H groups in total. The summed E-state index contributed by atoms with van der Waals surface area (Å²) in [6.07, 6.45) is 7.54. The molecule has 0 atom stereocenters. The Bertz CT molecular complexity index is 1620. The molecule has 2 aromatic heterocycles. The lowest BCUT2D eigenvalue weighted by Gasteiger charge is -2.19. The van der Waals surface area contributed by atoms with E-state index in [0.29, 0.717) is 30.4 Å². The molecule has 43 heavy (non-hydrogen) atoms. The van der Waals surface area contributed by atoms with Crippen molar-refractivity contribution in [2.24, 2.45) is 0 Å². The first-order valence-electron chi connectivity index (χ1n) is 14.9. The summed E-state index contributed by atoms with van der Waals surface area (Å²) in [6.45, 7) is 7.10. The van der Waals surface area contributed by atoms with Crippen LogP contribution in [0.15, 0.2) is 53.1 Å². The monoisotopic (exact) mass is 668 g/mol. The molecule has 2 aromatic carbocycles. The van der Waals surface area contributed by atoms with Gasteiger partial charge in [0.2, 0.25) is 0 Å². The molecule has 0 aliphatic heterocycles. The first-order valence-corrected chi connectivity index (χ1v) is 16.0. The van der Waals surface area contributed by atoms with Crippen LogP contribution in [-0.2, 0) is 16.0 Å². The van der Waals surface area contributed by atoms with Crippen LogP contribution in [-0.4, -0.2) is 46.5 Å². The number of nitrogens with zero attached hydrogens (tertiary/aromatic N) is 2. The third-order valence-electron chi connectivity index (χ3n) is 7.45. The summed E-state index contributed by atoms with van der Waals surface area (Å²) < 4.78 is 13.7. The zero-order valence-corrected chi connectivity index (χ0v) is 27.2. The van der Waals surface area contributed by atoms with Crippen LogP contribution in [0.2, 0.25) is 5.02 Å². The second-order valence-electron chi connectivity index (χ2n) is 12.0. The largest absolute Gasteiger partial charge is 0.446 e. The molecular weight excluding hydrogens is 632 g/mol. The molecule has 1 amide bonds. The Morgan fingerprint density at radius 2 is 1.79 bits per heavy atom. The molecule has 1 saturated carbocycles. The fourth-order valence-electron chi connectivity index (χ4n) is 5.46. The number of fused-ring (bicyclic) bond motifs is 2. The van der Waals surface area contributed by atoms with Crippen LogP contribution in [0.3, 0.4) is 0 Å². The number of amides is 1. The molecule has 4 aromatic rings. The number of aromatic nitrogens is 2. The fourth-order valence-corrected chi connectivity index (χ4v) is 5.98. The molecule has 0 bridgehead atoms. The van der Waals surface area contributed by atoms with Gasteiger partial charge < -0.3 is 20.1 Å². The van der Waals surface area contributed by atoms with Crippen molar-refractivity contribution in [3.05, 3.63) is 63.7 Å². The highest BCUT2D eigenvalue weighted by Crippen LogP contribution is 2.35. The third-order valence-corrected chi connectivity index (χ3v) is 8.18. The lowest BCUT2D eigenvalue weighted by molar-refractivity contribution is 0.0544. The number of ether oxygens (including phenoxy) is 2. The van der Waals surface area contributed by atoms with Crippen LogP contribution < -0.4 is 10.6 Å². The second kappa shape index (κ2) is 13.7. The van der Waals surface area contributed by atoms with Crippen molar-refractivity contribution in [2.75, 3.05) is 13.1 Å². The van der Waals surface area contributed by atoms with Gasteiger partial charge in [-0.1, -0.05) is 46.4 Å². The van der Waals surface area contributed by atoms with Crippen molar-refractivity contribution in [1.82, 2.24) is 20.2 Å². The zero-order chi connectivity index (χ0) is 30.6. The molecule has 10 heteroatoms. The zero-order valence-electron chi connectivity index (χ0n) is 24.8. The third kappa shape index (κ3) is 8.08. The average molecular weight is 670 g/mol. The molecule has 1 fully saturated rings. The van der Waals surface area contributed by atoms with E-state index in [-0.39, 0.29) is 12.2 Å². The van der Waals surface area contributed by atoms with Gasteiger partial charge in [-0.15, -0.1) is 0 Å². The molecule has 0 unspecified atom stereocenters. The van der Waals surface area contributed by atoms with E-state index >= 15 is 0 Å². The maximum Gasteiger partial charge on any atom is 0.419 e. The van der Waals surface area contributed by atoms with Gasteiger partial charge in [-0.25, -0.2) is 14.6 Å². The molecule has 5 rings (SSSR count). The summed E-state index contributed by atoms with van der Waals surface area (Å²) in [7, 11) is 0. The number of rotatable bonds is 7. The summed E-state index contributed by atoms with van der Waals surface area (Å²) >= 11 is 9.94. The van der Waals surface area contributed by atoms with E-state index in [9.17, 15) is 9.59 Å². The molecule has 2 heterocycles. The number of nitrogens with one attached hydrogen (secondary N) is 2. The van der Waals surface area contributed by atoms with E-state index in [0.717, 1.165) is 63.1 Å². The number of carbonyl (C=O) groups is 2. The van der Waals surface area contributed by atoms with Crippen molar-refractivity contribution in [1.29, 1.82) is 0 Å². The van der Waals surface area contributed by atoms with Crippen LogP contribution in [0.1, 0.15) is 64.9 Å². The van der Waals surface area contributed by atoms with Crippen LogP contribution >= 0.6 is 27.5 Å². The lowest BCUT2D eigenvalue weighted by Crippen LogP contribution is -2.34. The van der Waals surface area contributed by atoms with Crippen molar-refractivity contribution >= 4 is 61.5 Å². The van der Waals surface area contributed by atoms with Gasteiger partial charge in [0.15, 0.2) is 0 Å². The van der Waals surface area contributed by atoms with E-state index in [4.69, 9.17) is 26.1 Å². The first kappa shape index (κ1) is 31.3. The van der Waals surface area contributed by atoms with E-state index in [1.54, 1.807) is 6.20 Å². The van der Waals surface area contributed by atoms with Crippen LogP contribution in [0.5, 0.6) is 0 Å². The minimum absolute atomic E-state index is 0.0192. The van der Waals surface area contributed by atoms with Gasteiger partial charge in [0, 0.05) is 51.7 Å². The Morgan fingerprint density at radius 1 is 1.02 bits per heavy atom. The van der Waals surface area contributed by atoms with Crippen molar-refractivity contribution in [2.45, 2.75) is 77.5 Å². The number of halogens is 2. The summed E-state index contributed by atoms with van der Waals surface area (Å²) in [5.74, 6) is 0. The van der Waals surface area contributed by atoms with Crippen molar-refractivity contribution < 1.29 is 19.1 Å². The Hall–Kier alpha value is -3.14. The van der Waals surface area contributed by atoms with Crippen molar-refractivity contribution in [3.8, 4) is 11.3 Å². The molecule has 0 radical (unpaired) electrons. The van der Waals surface area contributed by atoms with Crippen molar-refractivity contribution in [3.63, 3.8) is 0 Å². The number of carbonyl (C=O) groups excluding carboxylic acids is 2. The highest BCUT2D eigenvalue weighted by atomic mass is 79.9. The Kier molecular flexibility index (Phi) is 9.94. The number of pyridine rings is 1. The summed E-state index contributed by atoms with van der Waals surface area (Å²) in [6, 6.07) is 13.5. The molecule has 228 valence electrons. The Labute approximate surface area is 265 Å². The summed E-state index contributed by atoms with van der Waals surface area (Å²) in [4.78, 5) is 30.4. The first-order chi connectivity index (χ1) is 20.6. The lowest BCUT2D eigenvalue weighted by atomic mass is 10.0. The molecule has 0 spiro atoms. The van der Waals surface area contributed by atoms with Gasteiger partial charge in [-0.05, 0) is 88.4 Å². The number of benzene rings is 2. The van der Waals surface area contributed by atoms with Gasteiger partial charge in [0.25, 0.3) is 0 Å². The maximum absolute atomic E-state index is 13.1. The van der Waals surface area contributed by atoms with Gasteiger partial charge in [-0.2, -0.15) is 0 Å². The number of alkyl carbamates (subject to hydrolysis) is 1. The van der Waals surface area contributed by atoms with Crippen LogP contribution in [0, 0.1) is 0 Å². The standard InChI is InChI=1S/C33H38BrClN4O4/c1-33(2,3)43-32(41)39-20-27(26-17-22(34)10-13-30(26)39)28-16-21(25-12-11-23(35)18-29(25)38-28)19-36-14-15-37-31(40)42-24-8-6-4-5-7-9-24/h10-13,16-18,20,24,36H,4-9,14-15,19H2,1-3H3,(H,37,40). The SMILES string of the molecule is CC(C)(C)OC(=O)n1cc(-c2cc(CNCCNC(=O)OC3CCCCCC3)c3ccc(Cl)cc3n2)c2cc(Br)ccc21. The highest BCUT2D eigenvalue weighted by Gasteiger charge is 2.22. The highest BCUT2D eigenvalue weighted by molar-refractivity contribution is 9.10. The predicted molar refractivity (Wildman–Crippen MR) is 175 cm³/mol. The second-order valence-corrected chi connectivity index (χ2v) is 13.4. The molecule has 0 saturated heterocycles. The van der Waals surface area contributed by atoms with E-state index < -0.39 is 11.7 Å². The van der Waals surface area contributed by atoms with Gasteiger partial charge in [0.05, 0.1) is 16.7 Å².